The van der Waals surface area contributed by atoms with E-state index in [1.165, 1.54) is 19.2 Å². The number of carbonyl (C=O) groups excluding carboxylic acids is 1. The molecule has 0 unspecified atom stereocenters. The fourth-order valence-electron chi connectivity index (χ4n) is 2.06. The zero-order chi connectivity index (χ0) is 15.2. The van der Waals surface area contributed by atoms with E-state index in [1.54, 1.807) is 18.2 Å². The fourth-order valence-corrected chi connectivity index (χ4v) is 2.06. The van der Waals surface area contributed by atoms with Gasteiger partial charge in [0.05, 0.1) is 7.11 Å². The first-order chi connectivity index (χ1) is 10.2. The third-order valence-electron chi connectivity index (χ3n) is 3.09. The standard InChI is InChI=1S/C16H17FN2O2/c1-21-15-7-6-12(10-14(15)17)19-16(20)13-5-3-2-4-11(13)8-9-18/h2-7,10H,8-9,18H2,1H3,(H,19,20). The summed E-state index contributed by atoms with van der Waals surface area (Å²) in [5.74, 6) is -0.675. The molecule has 2 aromatic carbocycles. The van der Waals surface area contributed by atoms with Crippen LogP contribution in [0.25, 0.3) is 0 Å². The fraction of sp³-hybridized carbons (Fsp3) is 0.188. The number of carbonyl (C=O) groups is 1. The average Bonchev–Trinajstić information content (AvgIpc) is 2.48. The van der Waals surface area contributed by atoms with Crippen LogP contribution in [0, 0.1) is 5.82 Å². The molecule has 0 fully saturated rings. The minimum Gasteiger partial charge on any atom is -0.494 e. The van der Waals surface area contributed by atoms with Crippen molar-refractivity contribution in [2.24, 2.45) is 5.73 Å². The molecule has 0 bridgehead atoms. The summed E-state index contributed by atoms with van der Waals surface area (Å²) in [5, 5.41) is 2.67. The smallest absolute Gasteiger partial charge is 0.255 e. The Kier molecular flexibility index (Phi) is 4.90. The zero-order valence-electron chi connectivity index (χ0n) is 11.7. The molecule has 1 amide bonds. The Morgan fingerprint density at radius 2 is 2.05 bits per heavy atom. The van der Waals surface area contributed by atoms with Crippen LogP contribution in [0.5, 0.6) is 5.75 Å². The molecule has 5 heteroatoms. The van der Waals surface area contributed by atoms with E-state index in [0.717, 1.165) is 5.56 Å². The quantitative estimate of drug-likeness (QED) is 0.888. The van der Waals surface area contributed by atoms with Crippen molar-refractivity contribution in [3.63, 3.8) is 0 Å². The lowest BCUT2D eigenvalue weighted by molar-refractivity contribution is 0.102. The number of hydrogen-bond acceptors (Lipinski definition) is 3. The molecule has 0 saturated heterocycles. The Morgan fingerprint density at radius 1 is 1.29 bits per heavy atom. The molecule has 0 aliphatic rings. The second-order valence-corrected chi connectivity index (χ2v) is 4.50. The van der Waals surface area contributed by atoms with Gasteiger partial charge in [-0.1, -0.05) is 18.2 Å². The second-order valence-electron chi connectivity index (χ2n) is 4.50. The molecule has 2 aromatic rings. The van der Waals surface area contributed by atoms with Gasteiger partial charge in [0.15, 0.2) is 11.6 Å². The van der Waals surface area contributed by atoms with Crippen molar-refractivity contribution in [3.05, 3.63) is 59.4 Å². The molecule has 0 aromatic heterocycles. The molecule has 0 saturated carbocycles. The van der Waals surface area contributed by atoms with E-state index >= 15 is 0 Å². The lowest BCUT2D eigenvalue weighted by Gasteiger charge is -2.10. The highest BCUT2D eigenvalue weighted by Crippen LogP contribution is 2.21. The molecule has 3 N–H and O–H groups in total. The van der Waals surface area contributed by atoms with Crippen molar-refractivity contribution in [3.8, 4) is 5.75 Å². The predicted molar refractivity (Wildman–Crippen MR) is 80.1 cm³/mol. The molecule has 0 aliphatic carbocycles. The van der Waals surface area contributed by atoms with Crippen molar-refractivity contribution >= 4 is 11.6 Å². The van der Waals surface area contributed by atoms with Crippen molar-refractivity contribution < 1.29 is 13.9 Å². The number of nitrogens with one attached hydrogen (secondary N) is 1. The predicted octanol–water partition coefficient (Wildman–Crippen LogP) is 2.59. The van der Waals surface area contributed by atoms with Crippen LogP contribution in [0.2, 0.25) is 0 Å². The normalized spacial score (nSPS) is 10.2. The molecular weight excluding hydrogens is 271 g/mol. The zero-order valence-corrected chi connectivity index (χ0v) is 11.7. The Labute approximate surface area is 122 Å². The molecule has 21 heavy (non-hydrogen) atoms. The molecule has 0 spiro atoms. The monoisotopic (exact) mass is 288 g/mol. The molecule has 110 valence electrons. The number of anilines is 1. The first-order valence-electron chi connectivity index (χ1n) is 6.58. The van der Waals surface area contributed by atoms with E-state index < -0.39 is 5.82 Å². The maximum absolute atomic E-state index is 13.6. The number of nitrogens with two attached hydrogens (primary N) is 1. The van der Waals surface area contributed by atoms with Gasteiger partial charge in [0.25, 0.3) is 5.91 Å². The van der Waals surface area contributed by atoms with Gasteiger partial charge in [0.1, 0.15) is 0 Å². The minimum absolute atomic E-state index is 0.136. The van der Waals surface area contributed by atoms with Crippen LogP contribution in [0.3, 0.4) is 0 Å². The van der Waals surface area contributed by atoms with Gasteiger partial charge in [-0.2, -0.15) is 0 Å². The lowest BCUT2D eigenvalue weighted by Crippen LogP contribution is -2.16. The number of ether oxygens (including phenoxy) is 1. The molecule has 0 atom stereocenters. The summed E-state index contributed by atoms with van der Waals surface area (Å²) in [4.78, 5) is 12.3. The maximum atomic E-state index is 13.6. The van der Waals surface area contributed by atoms with Crippen LogP contribution in [0.4, 0.5) is 10.1 Å². The van der Waals surface area contributed by atoms with Crippen LogP contribution in [-0.2, 0) is 6.42 Å². The first kappa shape index (κ1) is 15.0. The number of benzene rings is 2. The Bertz CT molecular complexity index is 644. The van der Waals surface area contributed by atoms with Gasteiger partial charge in [-0.05, 0) is 36.7 Å². The first-order valence-corrected chi connectivity index (χ1v) is 6.58. The summed E-state index contributed by atoms with van der Waals surface area (Å²) in [5.41, 5.74) is 7.32. The lowest BCUT2D eigenvalue weighted by atomic mass is 10.0. The molecular formula is C16H17FN2O2. The minimum atomic E-state index is -0.523. The summed E-state index contributed by atoms with van der Waals surface area (Å²) < 4.78 is 18.4. The molecule has 0 radical (unpaired) electrons. The number of halogens is 1. The SMILES string of the molecule is COc1ccc(NC(=O)c2ccccc2CCN)cc1F. The van der Waals surface area contributed by atoms with Crippen LogP contribution in [-0.4, -0.2) is 19.6 Å². The van der Waals surface area contributed by atoms with E-state index in [0.29, 0.717) is 24.2 Å². The Balaban J connectivity index is 2.20. The maximum Gasteiger partial charge on any atom is 0.255 e. The van der Waals surface area contributed by atoms with Crippen molar-refractivity contribution in [1.82, 2.24) is 0 Å². The van der Waals surface area contributed by atoms with E-state index in [4.69, 9.17) is 10.5 Å². The van der Waals surface area contributed by atoms with E-state index in [9.17, 15) is 9.18 Å². The highest BCUT2D eigenvalue weighted by Gasteiger charge is 2.12. The van der Waals surface area contributed by atoms with Gasteiger partial charge in [0.2, 0.25) is 0 Å². The van der Waals surface area contributed by atoms with Gasteiger partial charge >= 0.3 is 0 Å². The third kappa shape index (κ3) is 3.58. The second kappa shape index (κ2) is 6.85. The summed E-state index contributed by atoms with van der Waals surface area (Å²) in [6.07, 6.45) is 0.612. The summed E-state index contributed by atoms with van der Waals surface area (Å²) >= 11 is 0. The van der Waals surface area contributed by atoms with Gasteiger partial charge in [-0.3, -0.25) is 4.79 Å². The third-order valence-corrected chi connectivity index (χ3v) is 3.09. The van der Waals surface area contributed by atoms with Gasteiger partial charge < -0.3 is 15.8 Å². The van der Waals surface area contributed by atoms with Crippen LogP contribution in [0.15, 0.2) is 42.5 Å². The van der Waals surface area contributed by atoms with Crippen LogP contribution >= 0.6 is 0 Å². The molecule has 4 nitrogen and oxygen atoms in total. The largest absolute Gasteiger partial charge is 0.494 e. The van der Waals surface area contributed by atoms with E-state index in [2.05, 4.69) is 5.32 Å². The topological polar surface area (TPSA) is 64.3 Å². The number of rotatable bonds is 5. The van der Waals surface area contributed by atoms with Crippen molar-refractivity contribution in [1.29, 1.82) is 0 Å². The van der Waals surface area contributed by atoms with Crippen molar-refractivity contribution in [2.75, 3.05) is 19.0 Å². The van der Waals surface area contributed by atoms with Gasteiger partial charge in [-0.25, -0.2) is 4.39 Å². The highest BCUT2D eigenvalue weighted by atomic mass is 19.1. The highest BCUT2D eigenvalue weighted by molar-refractivity contribution is 6.05. The average molecular weight is 288 g/mol. The summed E-state index contributed by atoms with van der Waals surface area (Å²) in [7, 11) is 1.39. The Hall–Kier alpha value is -2.40. The van der Waals surface area contributed by atoms with Gasteiger partial charge in [0, 0.05) is 17.3 Å². The molecule has 0 aliphatic heterocycles. The summed E-state index contributed by atoms with van der Waals surface area (Å²) in [6.45, 7) is 0.460. The van der Waals surface area contributed by atoms with E-state index in [-0.39, 0.29) is 11.7 Å². The molecule has 0 heterocycles. The number of hydrogen-bond donors (Lipinski definition) is 2. The Morgan fingerprint density at radius 3 is 2.71 bits per heavy atom. The van der Waals surface area contributed by atoms with Gasteiger partial charge in [-0.15, -0.1) is 0 Å². The van der Waals surface area contributed by atoms with Crippen LogP contribution in [0.1, 0.15) is 15.9 Å². The number of methoxy groups -OCH3 is 1. The molecule has 2 rings (SSSR count). The van der Waals surface area contributed by atoms with E-state index in [1.807, 2.05) is 12.1 Å². The van der Waals surface area contributed by atoms with Crippen LogP contribution < -0.4 is 15.8 Å². The summed E-state index contributed by atoms with van der Waals surface area (Å²) in [6, 6.07) is 11.5. The number of amides is 1. The van der Waals surface area contributed by atoms with Crippen molar-refractivity contribution in [2.45, 2.75) is 6.42 Å².